The van der Waals surface area contributed by atoms with Gasteiger partial charge >= 0.3 is 0 Å². The molecule has 2 aromatic heterocycles. The van der Waals surface area contributed by atoms with Crippen molar-refractivity contribution in [3.8, 4) is 0 Å². The molecular weight excluding hydrogens is 170 g/mol. The van der Waals surface area contributed by atoms with Crippen molar-refractivity contribution in [2.24, 2.45) is 5.73 Å². The number of hydrogen-bond acceptors (Lipinski definition) is 4. The number of rotatable bonds is 1. The molecule has 4 heteroatoms. The predicted octanol–water partition coefficient (Wildman–Crippen LogP) is 1.34. The molecule has 0 aliphatic carbocycles. The summed E-state index contributed by atoms with van der Waals surface area (Å²) in [5.74, 6) is 0. The van der Waals surface area contributed by atoms with Gasteiger partial charge in [0.25, 0.3) is 0 Å². The number of fused-ring (bicyclic) bond motifs is 1. The van der Waals surface area contributed by atoms with E-state index < -0.39 is 0 Å². The first-order valence-electron chi connectivity index (χ1n) is 3.63. The van der Waals surface area contributed by atoms with Crippen LogP contribution in [0.3, 0.4) is 0 Å². The number of thiophene rings is 1. The number of nitrogens with two attached hydrogens (primary N) is 2. The molecule has 0 aliphatic heterocycles. The summed E-state index contributed by atoms with van der Waals surface area (Å²) in [5.41, 5.74) is 12.0. The molecule has 2 aromatic rings. The molecule has 3 nitrogen and oxygen atoms in total. The summed E-state index contributed by atoms with van der Waals surface area (Å²) in [6, 6.07) is 2.03. The van der Waals surface area contributed by atoms with E-state index in [2.05, 4.69) is 4.98 Å². The van der Waals surface area contributed by atoms with Crippen molar-refractivity contribution < 1.29 is 0 Å². The zero-order valence-corrected chi connectivity index (χ0v) is 7.27. The van der Waals surface area contributed by atoms with E-state index >= 15 is 0 Å². The molecule has 0 saturated carbocycles. The van der Waals surface area contributed by atoms with E-state index in [1.807, 2.05) is 6.07 Å². The Balaban J connectivity index is 2.74. The lowest BCUT2D eigenvalue weighted by Gasteiger charge is -1.91. The standard InChI is InChI=1S/C8H9N3S/c9-2-6-1-5-3-11-4-7(10)8(5)12-6/h1,3-4H,2,9-10H2. The summed E-state index contributed by atoms with van der Waals surface area (Å²) in [4.78, 5) is 5.14. The highest BCUT2D eigenvalue weighted by Gasteiger charge is 2.02. The Hall–Kier alpha value is -1.13. The molecule has 2 heterocycles. The average Bonchev–Trinajstić information content (AvgIpc) is 2.49. The third kappa shape index (κ3) is 1.05. The van der Waals surface area contributed by atoms with Gasteiger partial charge in [-0.1, -0.05) is 0 Å². The highest BCUT2D eigenvalue weighted by Crippen LogP contribution is 2.28. The van der Waals surface area contributed by atoms with Gasteiger partial charge in [0, 0.05) is 23.0 Å². The molecule has 0 spiro atoms. The third-order valence-corrected chi connectivity index (χ3v) is 2.92. The molecule has 0 unspecified atom stereocenters. The molecule has 62 valence electrons. The Labute approximate surface area is 74.0 Å². The summed E-state index contributed by atoms with van der Waals surface area (Å²) in [6.45, 7) is 0.568. The van der Waals surface area contributed by atoms with Gasteiger partial charge in [-0.2, -0.15) is 0 Å². The first kappa shape index (κ1) is 7.52. The Bertz CT molecular complexity index is 408. The van der Waals surface area contributed by atoms with Gasteiger partial charge in [0.05, 0.1) is 16.6 Å². The maximum absolute atomic E-state index is 5.73. The average molecular weight is 179 g/mol. The summed E-state index contributed by atoms with van der Waals surface area (Å²) in [5, 5.41) is 1.08. The topological polar surface area (TPSA) is 64.9 Å². The van der Waals surface area contributed by atoms with Gasteiger partial charge in [0.1, 0.15) is 0 Å². The summed E-state index contributed by atoms with van der Waals surface area (Å²) < 4.78 is 1.09. The van der Waals surface area contributed by atoms with Crippen molar-refractivity contribution in [2.75, 3.05) is 5.73 Å². The number of nitrogens with zero attached hydrogens (tertiary/aromatic N) is 1. The molecule has 0 radical (unpaired) electrons. The Kier molecular flexibility index (Phi) is 1.71. The van der Waals surface area contributed by atoms with Crippen molar-refractivity contribution in [3.05, 3.63) is 23.3 Å². The van der Waals surface area contributed by atoms with Crippen LogP contribution in [-0.2, 0) is 6.54 Å². The van der Waals surface area contributed by atoms with Crippen LogP contribution in [0.25, 0.3) is 10.1 Å². The number of hydrogen-bond donors (Lipinski definition) is 2. The molecule has 0 saturated heterocycles. The first-order chi connectivity index (χ1) is 5.81. The van der Waals surface area contributed by atoms with Crippen LogP contribution in [0.4, 0.5) is 5.69 Å². The lowest BCUT2D eigenvalue weighted by molar-refractivity contribution is 1.11. The van der Waals surface area contributed by atoms with E-state index in [0.717, 1.165) is 20.7 Å². The van der Waals surface area contributed by atoms with Gasteiger partial charge in [-0.3, -0.25) is 4.98 Å². The molecule has 0 atom stereocenters. The van der Waals surface area contributed by atoms with Crippen molar-refractivity contribution in [3.63, 3.8) is 0 Å². The minimum atomic E-state index is 0.568. The molecule has 4 N–H and O–H groups in total. The Morgan fingerprint density at radius 1 is 1.42 bits per heavy atom. The summed E-state index contributed by atoms with van der Waals surface area (Å²) >= 11 is 1.63. The summed E-state index contributed by atoms with van der Waals surface area (Å²) in [7, 11) is 0. The smallest absolute Gasteiger partial charge is 0.0681 e. The third-order valence-electron chi connectivity index (χ3n) is 1.70. The monoisotopic (exact) mass is 179 g/mol. The lowest BCUT2D eigenvalue weighted by Crippen LogP contribution is -1.91. The van der Waals surface area contributed by atoms with Gasteiger partial charge in [-0.05, 0) is 6.07 Å². The van der Waals surface area contributed by atoms with E-state index in [9.17, 15) is 0 Å². The zero-order chi connectivity index (χ0) is 8.55. The molecule has 0 amide bonds. The molecule has 2 rings (SSSR count). The van der Waals surface area contributed by atoms with Gasteiger partial charge < -0.3 is 11.5 Å². The highest BCUT2D eigenvalue weighted by atomic mass is 32.1. The quantitative estimate of drug-likeness (QED) is 0.694. The lowest BCUT2D eigenvalue weighted by atomic mass is 10.3. The van der Waals surface area contributed by atoms with E-state index in [1.54, 1.807) is 23.7 Å². The first-order valence-corrected chi connectivity index (χ1v) is 4.45. The number of nitrogen functional groups attached to an aromatic ring is 1. The van der Waals surface area contributed by atoms with E-state index in [1.165, 1.54) is 0 Å². The highest BCUT2D eigenvalue weighted by molar-refractivity contribution is 7.19. The largest absolute Gasteiger partial charge is 0.396 e. The van der Waals surface area contributed by atoms with Crippen LogP contribution < -0.4 is 11.5 Å². The molecule has 0 bridgehead atoms. The predicted molar refractivity (Wildman–Crippen MR) is 51.9 cm³/mol. The van der Waals surface area contributed by atoms with Crippen molar-refractivity contribution >= 4 is 27.1 Å². The maximum atomic E-state index is 5.73. The van der Waals surface area contributed by atoms with Crippen LogP contribution in [-0.4, -0.2) is 4.98 Å². The SMILES string of the molecule is NCc1cc2cncc(N)c2s1. The van der Waals surface area contributed by atoms with Gasteiger partial charge in [-0.15, -0.1) is 11.3 Å². The van der Waals surface area contributed by atoms with Crippen LogP contribution in [0.2, 0.25) is 0 Å². The fourth-order valence-electron chi connectivity index (χ4n) is 1.14. The zero-order valence-electron chi connectivity index (χ0n) is 6.45. The van der Waals surface area contributed by atoms with E-state index in [4.69, 9.17) is 11.5 Å². The second-order valence-corrected chi connectivity index (χ2v) is 3.70. The van der Waals surface area contributed by atoms with Crippen LogP contribution in [0.15, 0.2) is 18.5 Å². The number of pyridine rings is 1. The van der Waals surface area contributed by atoms with Gasteiger partial charge in [0.2, 0.25) is 0 Å². The van der Waals surface area contributed by atoms with Crippen LogP contribution in [0.1, 0.15) is 4.88 Å². The van der Waals surface area contributed by atoms with Crippen molar-refractivity contribution in [2.45, 2.75) is 6.54 Å². The molecule has 0 aliphatic rings. The second kappa shape index (κ2) is 2.73. The molecule has 0 fully saturated rings. The Morgan fingerprint density at radius 2 is 2.25 bits per heavy atom. The molecular formula is C8H9N3S. The number of aromatic nitrogens is 1. The number of anilines is 1. The van der Waals surface area contributed by atoms with Crippen LogP contribution >= 0.6 is 11.3 Å². The minimum Gasteiger partial charge on any atom is -0.396 e. The van der Waals surface area contributed by atoms with Crippen molar-refractivity contribution in [1.29, 1.82) is 0 Å². The van der Waals surface area contributed by atoms with Crippen LogP contribution in [0, 0.1) is 0 Å². The maximum Gasteiger partial charge on any atom is 0.0681 e. The van der Waals surface area contributed by atoms with Gasteiger partial charge in [-0.25, -0.2) is 0 Å². The molecule has 0 aromatic carbocycles. The fourth-order valence-corrected chi connectivity index (χ4v) is 2.07. The minimum absolute atomic E-state index is 0.568. The molecule has 12 heavy (non-hydrogen) atoms. The Morgan fingerprint density at radius 3 is 2.92 bits per heavy atom. The fraction of sp³-hybridized carbons (Fsp3) is 0.125. The summed E-state index contributed by atoms with van der Waals surface area (Å²) in [6.07, 6.45) is 3.47. The van der Waals surface area contributed by atoms with E-state index in [0.29, 0.717) is 6.54 Å². The normalized spacial score (nSPS) is 10.8. The van der Waals surface area contributed by atoms with Crippen molar-refractivity contribution in [1.82, 2.24) is 4.98 Å². The second-order valence-electron chi connectivity index (χ2n) is 2.56. The van der Waals surface area contributed by atoms with E-state index in [-0.39, 0.29) is 0 Å². The van der Waals surface area contributed by atoms with Gasteiger partial charge in [0.15, 0.2) is 0 Å². The van der Waals surface area contributed by atoms with Crippen LogP contribution in [0.5, 0.6) is 0 Å².